The minimum absolute atomic E-state index is 0.214. The third-order valence-electron chi connectivity index (χ3n) is 3.02. The maximum atomic E-state index is 11.7. The molecule has 0 atom stereocenters. The molecule has 2 aromatic heterocycles. The quantitative estimate of drug-likeness (QED) is 0.747. The van der Waals surface area contributed by atoms with Crippen molar-refractivity contribution in [2.75, 3.05) is 0 Å². The van der Waals surface area contributed by atoms with Gasteiger partial charge in [0.05, 0.1) is 17.1 Å². The first-order valence-electron chi connectivity index (χ1n) is 5.79. The van der Waals surface area contributed by atoms with Crippen LogP contribution in [-0.4, -0.2) is 15.8 Å². The Bertz CT molecular complexity index is 564. The molecule has 0 unspecified atom stereocenters. The van der Waals surface area contributed by atoms with Crippen LogP contribution in [0.15, 0.2) is 36.5 Å². The predicted molar refractivity (Wildman–Crippen MR) is 64.7 cm³/mol. The zero-order chi connectivity index (χ0) is 11.7. The standard InChI is InChI=1S/C14H12N2O/c17-14-6-3-5-11-10(14)7-8-13(16-11)12-4-1-2-9-15-12/h1-2,4,7-9H,3,5-6H2. The SMILES string of the molecule is O=C1CCCc2nc(-c3ccccn3)ccc21. The maximum Gasteiger partial charge on any atom is 0.164 e. The molecular weight excluding hydrogens is 212 g/mol. The van der Waals surface area contributed by atoms with E-state index in [0.29, 0.717) is 6.42 Å². The fraction of sp³-hybridized carbons (Fsp3) is 0.214. The van der Waals surface area contributed by atoms with Gasteiger partial charge in [-0.15, -0.1) is 0 Å². The van der Waals surface area contributed by atoms with E-state index in [9.17, 15) is 4.79 Å². The molecule has 84 valence electrons. The number of nitrogens with zero attached hydrogens (tertiary/aromatic N) is 2. The summed E-state index contributed by atoms with van der Waals surface area (Å²) >= 11 is 0. The summed E-state index contributed by atoms with van der Waals surface area (Å²) in [6, 6.07) is 9.51. The van der Waals surface area contributed by atoms with E-state index >= 15 is 0 Å². The number of ketones is 1. The molecular formula is C14H12N2O. The summed E-state index contributed by atoms with van der Waals surface area (Å²) in [6.07, 6.45) is 4.20. The monoisotopic (exact) mass is 224 g/mol. The number of fused-ring (bicyclic) bond motifs is 1. The van der Waals surface area contributed by atoms with E-state index in [1.54, 1.807) is 6.20 Å². The maximum absolute atomic E-state index is 11.7. The molecule has 17 heavy (non-hydrogen) atoms. The van der Waals surface area contributed by atoms with Crippen LogP contribution in [-0.2, 0) is 6.42 Å². The van der Waals surface area contributed by atoms with Crippen LogP contribution in [0.1, 0.15) is 28.9 Å². The molecule has 3 nitrogen and oxygen atoms in total. The summed E-state index contributed by atoms with van der Waals surface area (Å²) in [7, 11) is 0. The van der Waals surface area contributed by atoms with Crippen molar-refractivity contribution in [3.63, 3.8) is 0 Å². The van der Waals surface area contributed by atoms with Crippen molar-refractivity contribution < 1.29 is 4.79 Å². The Morgan fingerprint density at radius 1 is 1.00 bits per heavy atom. The molecule has 3 rings (SSSR count). The molecule has 3 heteroatoms. The van der Waals surface area contributed by atoms with Gasteiger partial charge in [-0.25, -0.2) is 0 Å². The van der Waals surface area contributed by atoms with Gasteiger partial charge in [-0.3, -0.25) is 14.8 Å². The molecule has 0 radical (unpaired) electrons. The van der Waals surface area contributed by atoms with Crippen molar-refractivity contribution in [1.29, 1.82) is 0 Å². The summed E-state index contributed by atoms with van der Waals surface area (Å²) in [4.78, 5) is 20.5. The Morgan fingerprint density at radius 3 is 2.76 bits per heavy atom. The lowest BCUT2D eigenvalue weighted by Gasteiger charge is -2.14. The summed E-state index contributed by atoms with van der Waals surface area (Å²) in [6.45, 7) is 0. The minimum Gasteiger partial charge on any atom is -0.294 e. The molecule has 0 amide bonds. The highest BCUT2D eigenvalue weighted by molar-refractivity contribution is 5.98. The van der Waals surface area contributed by atoms with Crippen molar-refractivity contribution >= 4 is 5.78 Å². The Labute approximate surface area is 99.5 Å². The molecule has 0 fully saturated rings. The zero-order valence-electron chi connectivity index (χ0n) is 9.39. The van der Waals surface area contributed by atoms with Crippen LogP contribution >= 0.6 is 0 Å². The smallest absolute Gasteiger partial charge is 0.164 e. The highest BCUT2D eigenvalue weighted by atomic mass is 16.1. The van der Waals surface area contributed by atoms with E-state index in [2.05, 4.69) is 9.97 Å². The number of rotatable bonds is 1. The molecule has 0 N–H and O–H groups in total. The van der Waals surface area contributed by atoms with E-state index in [4.69, 9.17) is 0 Å². The van der Waals surface area contributed by atoms with Gasteiger partial charge in [-0.1, -0.05) is 6.07 Å². The molecule has 1 aliphatic rings. The van der Waals surface area contributed by atoms with Gasteiger partial charge >= 0.3 is 0 Å². The van der Waals surface area contributed by atoms with Gasteiger partial charge in [0.1, 0.15) is 0 Å². The molecule has 0 spiro atoms. The van der Waals surface area contributed by atoms with Crippen LogP contribution < -0.4 is 0 Å². The summed E-state index contributed by atoms with van der Waals surface area (Å²) in [5.41, 5.74) is 3.41. The molecule has 0 saturated heterocycles. The van der Waals surface area contributed by atoms with Crippen LogP contribution in [0.4, 0.5) is 0 Å². The van der Waals surface area contributed by atoms with E-state index in [0.717, 1.165) is 35.5 Å². The van der Waals surface area contributed by atoms with Gasteiger partial charge in [0.15, 0.2) is 5.78 Å². The largest absolute Gasteiger partial charge is 0.294 e. The number of hydrogen-bond donors (Lipinski definition) is 0. The number of aryl methyl sites for hydroxylation is 1. The lowest BCUT2D eigenvalue weighted by molar-refractivity contribution is 0.0971. The number of aromatic nitrogens is 2. The molecule has 2 heterocycles. The molecule has 1 aliphatic carbocycles. The van der Waals surface area contributed by atoms with Gasteiger partial charge in [0.25, 0.3) is 0 Å². The van der Waals surface area contributed by atoms with E-state index in [1.165, 1.54) is 0 Å². The molecule has 0 bridgehead atoms. The van der Waals surface area contributed by atoms with Crippen LogP contribution in [0.5, 0.6) is 0 Å². The zero-order valence-corrected chi connectivity index (χ0v) is 9.39. The van der Waals surface area contributed by atoms with E-state index in [-0.39, 0.29) is 5.78 Å². The topological polar surface area (TPSA) is 42.9 Å². The summed E-state index contributed by atoms with van der Waals surface area (Å²) < 4.78 is 0. The van der Waals surface area contributed by atoms with Crippen LogP contribution in [0.25, 0.3) is 11.4 Å². The summed E-state index contributed by atoms with van der Waals surface area (Å²) in [5, 5.41) is 0. The molecule has 2 aromatic rings. The molecule has 0 aliphatic heterocycles. The second kappa shape index (κ2) is 4.09. The molecule has 0 saturated carbocycles. The predicted octanol–water partition coefficient (Wildman–Crippen LogP) is 2.66. The third-order valence-corrected chi connectivity index (χ3v) is 3.02. The fourth-order valence-corrected chi connectivity index (χ4v) is 2.15. The van der Waals surface area contributed by atoms with E-state index < -0.39 is 0 Å². The first-order valence-corrected chi connectivity index (χ1v) is 5.79. The normalized spacial score (nSPS) is 14.5. The Kier molecular flexibility index (Phi) is 2.44. The van der Waals surface area contributed by atoms with Gasteiger partial charge in [0.2, 0.25) is 0 Å². The van der Waals surface area contributed by atoms with Crippen molar-refractivity contribution in [2.24, 2.45) is 0 Å². The van der Waals surface area contributed by atoms with Crippen molar-refractivity contribution in [3.05, 3.63) is 47.8 Å². The van der Waals surface area contributed by atoms with Gasteiger partial charge in [-0.05, 0) is 37.1 Å². The highest BCUT2D eigenvalue weighted by Gasteiger charge is 2.18. The minimum atomic E-state index is 0.214. The van der Waals surface area contributed by atoms with Crippen LogP contribution in [0.3, 0.4) is 0 Å². The molecule has 0 aromatic carbocycles. The number of hydrogen-bond acceptors (Lipinski definition) is 3. The highest BCUT2D eigenvalue weighted by Crippen LogP contribution is 2.23. The Balaban J connectivity index is 2.07. The first kappa shape index (κ1) is 10.1. The average Bonchev–Trinajstić information content (AvgIpc) is 2.40. The van der Waals surface area contributed by atoms with Gasteiger partial charge in [0, 0.05) is 18.2 Å². The number of carbonyl (C=O) groups excluding carboxylic acids is 1. The average molecular weight is 224 g/mol. The van der Waals surface area contributed by atoms with Crippen LogP contribution in [0.2, 0.25) is 0 Å². The number of pyridine rings is 2. The van der Waals surface area contributed by atoms with Gasteiger partial charge in [-0.2, -0.15) is 0 Å². The van der Waals surface area contributed by atoms with E-state index in [1.807, 2.05) is 30.3 Å². The Morgan fingerprint density at radius 2 is 1.94 bits per heavy atom. The summed E-state index contributed by atoms with van der Waals surface area (Å²) in [5.74, 6) is 0.214. The second-order valence-electron chi connectivity index (χ2n) is 4.18. The fourth-order valence-electron chi connectivity index (χ4n) is 2.15. The third kappa shape index (κ3) is 1.84. The Hall–Kier alpha value is -2.03. The van der Waals surface area contributed by atoms with Crippen molar-refractivity contribution in [3.8, 4) is 11.4 Å². The van der Waals surface area contributed by atoms with Crippen LogP contribution in [0, 0.1) is 0 Å². The number of carbonyl (C=O) groups is 1. The lowest BCUT2D eigenvalue weighted by atomic mass is 9.94. The van der Waals surface area contributed by atoms with Crippen molar-refractivity contribution in [2.45, 2.75) is 19.3 Å². The second-order valence-corrected chi connectivity index (χ2v) is 4.18. The number of Topliss-reactive ketones (excluding diaryl/α,β-unsaturated/α-hetero) is 1. The lowest BCUT2D eigenvalue weighted by Crippen LogP contribution is -2.12. The first-order chi connectivity index (χ1) is 8.34. The van der Waals surface area contributed by atoms with Crippen molar-refractivity contribution in [1.82, 2.24) is 9.97 Å². The van der Waals surface area contributed by atoms with Gasteiger partial charge < -0.3 is 0 Å².